The molecular formula is C38H57N3O4. The number of nitrogens with one attached hydrogen (secondary N) is 1. The van der Waals surface area contributed by atoms with Crippen LogP contribution in [0.3, 0.4) is 0 Å². The number of carbonyl (C=O) groups is 1. The normalized spacial score (nSPS) is 40.6. The van der Waals surface area contributed by atoms with Gasteiger partial charge in [-0.3, -0.25) is 4.79 Å². The number of amides is 1. The fraction of sp³-hybridized carbons (Fsp3) is 0.737. The molecule has 45 heavy (non-hydrogen) atoms. The lowest BCUT2D eigenvalue weighted by atomic mass is 9.47. The molecule has 4 aliphatic carbocycles. The summed E-state index contributed by atoms with van der Waals surface area (Å²) in [5.41, 5.74) is 4.14. The summed E-state index contributed by atoms with van der Waals surface area (Å²) in [5.74, 6) is 3.30. The topological polar surface area (TPSA) is 83.4 Å². The van der Waals surface area contributed by atoms with Crippen molar-refractivity contribution >= 4 is 11.6 Å². The van der Waals surface area contributed by atoms with Gasteiger partial charge in [-0.1, -0.05) is 43.6 Å². The van der Waals surface area contributed by atoms with Gasteiger partial charge in [0.1, 0.15) is 5.75 Å². The van der Waals surface area contributed by atoms with Crippen molar-refractivity contribution in [2.45, 2.75) is 109 Å². The summed E-state index contributed by atoms with van der Waals surface area (Å²) >= 11 is 0. The Balaban J connectivity index is 1.04. The molecule has 0 radical (unpaired) electrons. The molecule has 0 bridgehead atoms. The van der Waals surface area contributed by atoms with E-state index >= 15 is 0 Å². The van der Waals surface area contributed by atoms with Gasteiger partial charge >= 0.3 is 0 Å². The summed E-state index contributed by atoms with van der Waals surface area (Å²) in [6.45, 7) is 11.1. The molecule has 4 fully saturated rings. The molecule has 5 aliphatic rings. The minimum absolute atomic E-state index is 0.0129. The highest BCUT2D eigenvalue weighted by Gasteiger charge is 2.58. The van der Waals surface area contributed by atoms with Crippen LogP contribution in [0, 0.1) is 34.5 Å². The number of hydrogen-bond acceptors (Lipinski definition) is 6. The zero-order valence-corrected chi connectivity index (χ0v) is 28.6. The lowest BCUT2D eigenvalue weighted by molar-refractivity contribution is -0.125. The van der Waals surface area contributed by atoms with Gasteiger partial charge in [0.2, 0.25) is 0 Å². The van der Waals surface area contributed by atoms with Crippen LogP contribution in [0.25, 0.3) is 0 Å². The van der Waals surface area contributed by atoms with E-state index in [-0.39, 0.29) is 34.9 Å². The van der Waals surface area contributed by atoms with Crippen LogP contribution in [0.4, 0.5) is 0 Å². The zero-order valence-electron chi connectivity index (χ0n) is 28.6. The summed E-state index contributed by atoms with van der Waals surface area (Å²) in [4.78, 5) is 21.0. The van der Waals surface area contributed by atoms with E-state index in [1.165, 1.54) is 30.4 Å². The first-order valence-electron chi connectivity index (χ1n) is 17.7. The monoisotopic (exact) mass is 619 g/mol. The maximum absolute atomic E-state index is 12.9. The summed E-state index contributed by atoms with van der Waals surface area (Å²) in [5, 5.41) is 18.4. The lowest BCUT2D eigenvalue weighted by Gasteiger charge is -2.57. The smallest absolute Gasteiger partial charge is 0.260 e. The van der Waals surface area contributed by atoms with E-state index in [1.807, 2.05) is 0 Å². The van der Waals surface area contributed by atoms with Gasteiger partial charge in [-0.15, -0.1) is 0 Å². The molecule has 7 nitrogen and oxygen atoms in total. The maximum atomic E-state index is 12.9. The number of allylic oxidation sites excluding steroid dienone is 2. The van der Waals surface area contributed by atoms with Gasteiger partial charge in [0.15, 0.2) is 6.61 Å². The van der Waals surface area contributed by atoms with Crippen molar-refractivity contribution in [3.8, 4) is 5.75 Å². The van der Waals surface area contributed by atoms with Crippen LogP contribution in [0.5, 0.6) is 5.75 Å². The van der Waals surface area contributed by atoms with Gasteiger partial charge in [-0.25, -0.2) is 0 Å². The predicted octanol–water partition coefficient (Wildman–Crippen LogP) is 6.50. The number of nitrogens with zero attached hydrogens (tertiary/aromatic N) is 2. The van der Waals surface area contributed by atoms with E-state index in [4.69, 9.17) is 9.57 Å². The van der Waals surface area contributed by atoms with Crippen LogP contribution < -0.4 is 10.1 Å². The first kappa shape index (κ1) is 32.6. The van der Waals surface area contributed by atoms with Crippen molar-refractivity contribution in [1.82, 2.24) is 10.2 Å². The largest absolute Gasteiger partial charge is 0.497 e. The first-order valence-corrected chi connectivity index (χ1v) is 17.7. The van der Waals surface area contributed by atoms with E-state index in [9.17, 15) is 9.90 Å². The molecule has 6 rings (SSSR count). The zero-order chi connectivity index (χ0) is 32.0. The van der Waals surface area contributed by atoms with Crippen LogP contribution in [-0.4, -0.2) is 67.6 Å². The third kappa shape index (κ3) is 5.86. The number of ether oxygens (including phenoxy) is 1. The number of oxime groups is 1. The number of piperidine rings is 1. The highest BCUT2D eigenvalue weighted by molar-refractivity contribution is 5.96. The second-order valence-corrected chi connectivity index (χ2v) is 15.9. The number of rotatable bonds is 8. The quantitative estimate of drug-likeness (QED) is 0.325. The minimum atomic E-state index is -0.122. The van der Waals surface area contributed by atoms with Gasteiger partial charge < -0.3 is 24.9 Å². The van der Waals surface area contributed by atoms with Gasteiger partial charge in [-0.05, 0) is 136 Å². The van der Waals surface area contributed by atoms with E-state index in [0.717, 1.165) is 68.9 Å². The highest BCUT2D eigenvalue weighted by atomic mass is 16.6. The molecule has 1 aromatic rings. The van der Waals surface area contributed by atoms with Crippen LogP contribution >= 0.6 is 0 Å². The second kappa shape index (κ2) is 12.7. The average Bonchev–Trinajstić information content (AvgIpc) is 3.33. The molecule has 1 heterocycles. The number of methoxy groups -OCH3 is 1. The molecule has 1 aliphatic heterocycles. The third-order valence-electron chi connectivity index (χ3n) is 13.8. The lowest BCUT2D eigenvalue weighted by Crippen LogP contribution is -2.52. The van der Waals surface area contributed by atoms with Crippen molar-refractivity contribution in [3.05, 3.63) is 41.5 Å². The molecule has 3 saturated carbocycles. The summed E-state index contributed by atoms with van der Waals surface area (Å²) in [7, 11) is 3.91. The van der Waals surface area contributed by atoms with Gasteiger partial charge in [0.25, 0.3) is 5.91 Å². The maximum Gasteiger partial charge on any atom is 0.260 e. The first-order chi connectivity index (χ1) is 21.5. The molecule has 9 atom stereocenters. The number of benzene rings is 1. The molecule has 1 aromatic carbocycles. The Hall–Kier alpha value is -2.38. The average molecular weight is 620 g/mol. The molecular weight excluding hydrogens is 562 g/mol. The predicted molar refractivity (Wildman–Crippen MR) is 179 cm³/mol. The van der Waals surface area contributed by atoms with E-state index in [0.29, 0.717) is 30.3 Å². The summed E-state index contributed by atoms with van der Waals surface area (Å²) < 4.78 is 5.42. The Morgan fingerprint density at radius 3 is 2.60 bits per heavy atom. The van der Waals surface area contributed by atoms with Crippen LogP contribution in [-0.2, 0) is 15.0 Å². The molecule has 248 valence electrons. The van der Waals surface area contributed by atoms with Crippen LogP contribution in [0.1, 0.15) is 97.5 Å². The Kier molecular flexibility index (Phi) is 9.17. The van der Waals surface area contributed by atoms with Gasteiger partial charge in [0, 0.05) is 24.5 Å². The number of likely N-dealkylation sites (tertiary alicyclic amines) is 1. The van der Waals surface area contributed by atoms with E-state index in [1.54, 1.807) is 7.11 Å². The summed E-state index contributed by atoms with van der Waals surface area (Å²) in [6, 6.07) is 8.98. The van der Waals surface area contributed by atoms with Crippen molar-refractivity contribution in [1.29, 1.82) is 0 Å². The van der Waals surface area contributed by atoms with Crippen molar-refractivity contribution in [2.75, 3.05) is 33.9 Å². The van der Waals surface area contributed by atoms with Gasteiger partial charge in [-0.2, -0.15) is 0 Å². The molecule has 7 heteroatoms. The Labute approximate surface area is 271 Å². The molecule has 1 saturated heterocycles. The Bertz CT molecular complexity index is 1290. The van der Waals surface area contributed by atoms with Crippen LogP contribution in [0.15, 0.2) is 41.1 Å². The fourth-order valence-electron chi connectivity index (χ4n) is 10.8. The number of hydrogen-bond donors (Lipinski definition) is 2. The van der Waals surface area contributed by atoms with Crippen molar-refractivity contribution in [2.24, 2.45) is 39.7 Å². The molecule has 9 unspecified atom stereocenters. The number of aliphatic hydroxyl groups excluding tert-OH is 1. The van der Waals surface area contributed by atoms with Crippen LogP contribution in [0.2, 0.25) is 0 Å². The number of carbonyl (C=O) groups excluding carboxylic acids is 1. The minimum Gasteiger partial charge on any atom is -0.497 e. The van der Waals surface area contributed by atoms with E-state index in [2.05, 4.69) is 80.5 Å². The molecule has 2 N–H and O–H groups in total. The third-order valence-corrected chi connectivity index (χ3v) is 13.8. The second-order valence-electron chi connectivity index (χ2n) is 15.9. The molecule has 0 aromatic heterocycles. The molecule has 0 spiro atoms. The number of fused-ring (bicyclic) bond motifs is 5. The van der Waals surface area contributed by atoms with Crippen molar-refractivity contribution < 1.29 is 19.5 Å². The SMILES string of the molecule is COc1ccc(C2(CCNC(=O)CON=C3C=C4CCC5C(CCC6(C)C(O)CCC56)C4(C)CC3)CC(C)N(C)CC2C)cc1. The van der Waals surface area contributed by atoms with Crippen molar-refractivity contribution in [3.63, 3.8) is 0 Å². The highest BCUT2D eigenvalue weighted by Crippen LogP contribution is 2.65. The molecule has 1 amide bonds. The van der Waals surface area contributed by atoms with E-state index < -0.39 is 0 Å². The van der Waals surface area contributed by atoms with Gasteiger partial charge in [0.05, 0.1) is 18.9 Å². The number of aliphatic hydroxyl groups is 1. The Morgan fingerprint density at radius 2 is 1.84 bits per heavy atom. The standard InChI is InChI=1S/C38H57N3O4/c1-25-23-41(5)26(2)22-38(25,27-7-10-30(44-6)11-8-27)19-20-39-35(43)24-45-40-29-15-17-36(3)28(21-29)9-12-31-32-13-14-34(42)37(32,4)18-16-33(31)36/h7-8,10-11,21,25-26,31-34,42H,9,12-20,22-24H2,1-6H3,(H,39,43). The fourth-order valence-corrected chi connectivity index (χ4v) is 10.8. The Morgan fingerprint density at radius 1 is 1.07 bits per heavy atom. The summed E-state index contributed by atoms with van der Waals surface area (Å²) in [6.07, 6.45) is 13.0.